The van der Waals surface area contributed by atoms with E-state index in [0.29, 0.717) is 13.2 Å². The summed E-state index contributed by atoms with van der Waals surface area (Å²) in [7, 11) is 2.16. The Morgan fingerprint density at radius 1 is 1.19 bits per heavy atom. The standard InChI is InChI=1S/C16H23N3O2/c1-18-7-9-19(10-8-18)15-4-2-14(3-5-15)17-16(20)13-6-11-21-12-13/h2-5,13H,6-12H2,1H3,(H,17,20). The molecule has 1 aromatic carbocycles. The lowest BCUT2D eigenvalue weighted by molar-refractivity contribution is -0.119. The number of nitrogens with one attached hydrogen (secondary N) is 1. The number of rotatable bonds is 3. The number of nitrogens with zero attached hydrogens (tertiary/aromatic N) is 2. The minimum atomic E-state index is 0.00214. The Labute approximate surface area is 125 Å². The maximum absolute atomic E-state index is 12.0. The molecule has 2 fully saturated rings. The topological polar surface area (TPSA) is 44.8 Å². The Bertz CT molecular complexity index is 475. The predicted molar refractivity (Wildman–Crippen MR) is 83.7 cm³/mol. The highest BCUT2D eigenvalue weighted by Gasteiger charge is 2.23. The molecular weight excluding hydrogens is 266 g/mol. The molecule has 0 saturated carbocycles. The summed E-state index contributed by atoms with van der Waals surface area (Å²) in [5, 5.41) is 2.98. The summed E-state index contributed by atoms with van der Waals surface area (Å²) in [6.07, 6.45) is 0.825. The highest BCUT2D eigenvalue weighted by Crippen LogP contribution is 2.21. The van der Waals surface area contributed by atoms with Crippen LogP contribution in [0.4, 0.5) is 11.4 Å². The number of anilines is 2. The van der Waals surface area contributed by atoms with Gasteiger partial charge in [0, 0.05) is 44.2 Å². The van der Waals surface area contributed by atoms with Gasteiger partial charge in [0.1, 0.15) is 0 Å². The van der Waals surface area contributed by atoms with Crippen LogP contribution in [-0.4, -0.2) is 57.2 Å². The molecule has 2 aliphatic rings. The zero-order valence-electron chi connectivity index (χ0n) is 12.5. The van der Waals surface area contributed by atoms with E-state index in [-0.39, 0.29) is 11.8 Å². The molecule has 21 heavy (non-hydrogen) atoms. The molecule has 114 valence electrons. The van der Waals surface area contributed by atoms with Crippen LogP contribution in [0.2, 0.25) is 0 Å². The van der Waals surface area contributed by atoms with Gasteiger partial charge in [0.05, 0.1) is 12.5 Å². The zero-order valence-corrected chi connectivity index (χ0v) is 12.5. The van der Waals surface area contributed by atoms with Crippen molar-refractivity contribution in [2.24, 2.45) is 5.92 Å². The number of carbonyl (C=O) groups is 1. The van der Waals surface area contributed by atoms with Gasteiger partial charge >= 0.3 is 0 Å². The first-order valence-corrected chi connectivity index (χ1v) is 7.64. The summed E-state index contributed by atoms with van der Waals surface area (Å²) < 4.78 is 5.25. The highest BCUT2D eigenvalue weighted by atomic mass is 16.5. The maximum Gasteiger partial charge on any atom is 0.229 e. The third kappa shape index (κ3) is 3.54. The van der Waals surface area contributed by atoms with E-state index < -0.39 is 0 Å². The second-order valence-electron chi connectivity index (χ2n) is 5.89. The van der Waals surface area contributed by atoms with Crippen LogP contribution < -0.4 is 10.2 Å². The van der Waals surface area contributed by atoms with Crippen LogP contribution in [-0.2, 0) is 9.53 Å². The van der Waals surface area contributed by atoms with Gasteiger partial charge in [0.2, 0.25) is 5.91 Å². The predicted octanol–water partition coefficient (Wildman–Crippen LogP) is 1.41. The molecule has 1 amide bonds. The number of benzene rings is 1. The van der Waals surface area contributed by atoms with Gasteiger partial charge in [-0.15, -0.1) is 0 Å². The molecule has 1 N–H and O–H groups in total. The minimum absolute atomic E-state index is 0.00214. The lowest BCUT2D eigenvalue weighted by Crippen LogP contribution is -2.44. The van der Waals surface area contributed by atoms with Crippen molar-refractivity contribution in [3.8, 4) is 0 Å². The summed E-state index contributed by atoms with van der Waals surface area (Å²) in [5.41, 5.74) is 2.09. The van der Waals surface area contributed by atoms with Gasteiger partial charge in [-0.2, -0.15) is 0 Å². The van der Waals surface area contributed by atoms with Crippen molar-refractivity contribution >= 4 is 17.3 Å². The van der Waals surface area contributed by atoms with Gasteiger partial charge in [-0.25, -0.2) is 0 Å². The van der Waals surface area contributed by atoms with E-state index in [1.807, 2.05) is 12.1 Å². The van der Waals surface area contributed by atoms with Crippen molar-refractivity contribution in [3.05, 3.63) is 24.3 Å². The first kappa shape index (κ1) is 14.4. The number of amides is 1. The first-order chi connectivity index (χ1) is 10.2. The molecule has 1 unspecified atom stereocenters. The van der Waals surface area contributed by atoms with Crippen LogP contribution in [0.1, 0.15) is 6.42 Å². The number of piperazine rings is 1. The fourth-order valence-corrected chi connectivity index (χ4v) is 2.81. The molecule has 5 nitrogen and oxygen atoms in total. The van der Waals surface area contributed by atoms with Gasteiger partial charge in [-0.1, -0.05) is 0 Å². The summed E-state index contributed by atoms with van der Waals surface area (Å²) in [5.74, 6) is 0.0714. The largest absolute Gasteiger partial charge is 0.381 e. The van der Waals surface area contributed by atoms with Gasteiger partial charge in [0.15, 0.2) is 0 Å². The van der Waals surface area contributed by atoms with E-state index >= 15 is 0 Å². The molecule has 0 spiro atoms. The van der Waals surface area contributed by atoms with Crippen molar-refractivity contribution < 1.29 is 9.53 Å². The second kappa shape index (κ2) is 6.45. The van der Waals surface area contributed by atoms with E-state index in [0.717, 1.165) is 38.3 Å². The van der Waals surface area contributed by atoms with E-state index in [1.165, 1.54) is 5.69 Å². The summed E-state index contributed by atoms with van der Waals surface area (Å²) >= 11 is 0. The van der Waals surface area contributed by atoms with E-state index in [2.05, 4.69) is 34.3 Å². The SMILES string of the molecule is CN1CCN(c2ccc(NC(=O)C3CCOC3)cc2)CC1. The molecule has 1 atom stereocenters. The van der Waals surface area contributed by atoms with Crippen molar-refractivity contribution in [2.75, 3.05) is 56.7 Å². The minimum Gasteiger partial charge on any atom is -0.381 e. The molecular formula is C16H23N3O2. The van der Waals surface area contributed by atoms with E-state index in [4.69, 9.17) is 4.74 Å². The van der Waals surface area contributed by atoms with Gasteiger partial charge < -0.3 is 19.9 Å². The number of carbonyl (C=O) groups excluding carboxylic acids is 1. The maximum atomic E-state index is 12.0. The molecule has 2 aliphatic heterocycles. The van der Waals surface area contributed by atoms with Crippen molar-refractivity contribution in [1.29, 1.82) is 0 Å². The van der Waals surface area contributed by atoms with Gasteiger partial charge in [0.25, 0.3) is 0 Å². The van der Waals surface area contributed by atoms with Crippen LogP contribution in [0.5, 0.6) is 0 Å². The van der Waals surface area contributed by atoms with Crippen LogP contribution >= 0.6 is 0 Å². The van der Waals surface area contributed by atoms with Crippen LogP contribution in [0, 0.1) is 5.92 Å². The highest BCUT2D eigenvalue weighted by molar-refractivity contribution is 5.92. The Hall–Kier alpha value is -1.59. The normalized spacial score (nSPS) is 23.3. The fraction of sp³-hybridized carbons (Fsp3) is 0.562. The molecule has 0 bridgehead atoms. The molecule has 0 aliphatic carbocycles. The summed E-state index contributed by atoms with van der Waals surface area (Å²) in [6.45, 7) is 5.55. The average Bonchev–Trinajstić information content (AvgIpc) is 3.03. The smallest absolute Gasteiger partial charge is 0.229 e. The van der Waals surface area contributed by atoms with Crippen molar-refractivity contribution in [1.82, 2.24) is 4.90 Å². The number of hydrogen-bond donors (Lipinski definition) is 1. The van der Waals surface area contributed by atoms with E-state index in [1.54, 1.807) is 0 Å². The zero-order chi connectivity index (χ0) is 14.7. The third-order valence-corrected chi connectivity index (χ3v) is 4.30. The third-order valence-electron chi connectivity index (χ3n) is 4.30. The lowest BCUT2D eigenvalue weighted by Gasteiger charge is -2.34. The van der Waals surface area contributed by atoms with Crippen molar-refractivity contribution in [3.63, 3.8) is 0 Å². The summed E-state index contributed by atoms with van der Waals surface area (Å²) in [6, 6.07) is 8.15. The van der Waals surface area contributed by atoms with Gasteiger partial charge in [-0.05, 0) is 37.7 Å². The quantitative estimate of drug-likeness (QED) is 0.914. The van der Waals surface area contributed by atoms with E-state index in [9.17, 15) is 4.79 Å². The van der Waals surface area contributed by atoms with Gasteiger partial charge in [-0.3, -0.25) is 4.79 Å². The van der Waals surface area contributed by atoms with Crippen LogP contribution in [0.3, 0.4) is 0 Å². The molecule has 2 heterocycles. The fourth-order valence-electron chi connectivity index (χ4n) is 2.81. The molecule has 2 saturated heterocycles. The monoisotopic (exact) mass is 289 g/mol. The number of ether oxygens (including phenoxy) is 1. The van der Waals surface area contributed by atoms with Crippen LogP contribution in [0.25, 0.3) is 0 Å². The molecule has 5 heteroatoms. The van der Waals surface area contributed by atoms with Crippen LogP contribution in [0.15, 0.2) is 24.3 Å². The molecule has 3 rings (SSSR count). The Morgan fingerprint density at radius 2 is 1.90 bits per heavy atom. The second-order valence-corrected chi connectivity index (χ2v) is 5.89. The Morgan fingerprint density at radius 3 is 2.52 bits per heavy atom. The lowest BCUT2D eigenvalue weighted by atomic mass is 10.1. The first-order valence-electron chi connectivity index (χ1n) is 7.64. The molecule has 0 aromatic heterocycles. The number of likely N-dealkylation sites (N-methyl/N-ethyl adjacent to an activating group) is 1. The Balaban J connectivity index is 1.57. The molecule has 1 aromatic rings. The summed E-state index contributed by atoms with van der Waals surface area (Å²) in [4.78, 5) is 16.8. The number of hydrogen-bond acceptors (Lipinski definition) is 4. The average molecular weight is 289 g/mol. The Kier molecular flexibility index (Phi) is 4.41. The molecule has 0 radical (unpaired) electrons. The van der Waals surface area contributed by atoms with Crippen molar-refractivity contribution in [2.45, 2.75) is 6.42 Å².